The molecule has 2 amide bonds. The topological polar surface area (TPSA) is 93.5 Å². The first-order valence-electron chi connectivity index (χ1n) is 9.07. The number of nitrogens with zero attached hydrogens (tertiary/aromatic N) is 6. The summed E-state index contributed by atoms with van der Waals surface area (Å²) in [7, 11) is 1.59. The molecule has 0 spiro atoms. The first kappa shape index (κ1) is 18.8. The number of unbranched alkanes of at least 4 members (excludes halogenated alkanes) is 1. The smallest absolute Gasteiger partial charge is 0.246 e. The highest BCUT2D eigenvalue weighted by molar-refractivity contribution is 5.99. The van der Waals surface area contributed by atoms with Crippen LogP contribution in [0.4, 0.5) is 5.69 Å². The number of piperazine rings is 1. The SMILES string of the molecule is CCCC[C@@H]1CN(c2ccccc2OC)C(=O)CN1C(=O)Cn1cnnn1. The van der Waals surface area contributed by atoms with Gasteiger partial charge in [0.05, 0.1) is 18.8 Å². The zero-order chi connectivity index (χ0) is 19.2. The highest BCUT2D eigenvalue weighted by Crippen LogP contribution is 2.31. The fourth-order valence-electron chi connectivity index (χ4n) is 3.32. The summed E-state index contributed by atoms with van der Waals surface area (Å²) in [6.45, 7) is 2.62. The van der Waals surface area contributed by atoms with Crippen LogP contribution in [-0.4, -0.2) is 63.2 Å². The number of rotatable bonds is 7. The summed E-state index contributed by atoms with van der Waals surface area (Å²) in [4.78, 5) is 29.0. The Bertz CT molecular complexity index is 779. The van der Waals surface area contributed by atoms with E-state index < -0.39 is 0 Å². The fourth-order valence-corrected chi connectivity index (χ4v) is 3.32. The third-order valence-electron chi connectivity index (χ3n) is 4.72. The van der Waals surface area contributed by atoms with Crippen LogP contribution in [0.1, 0.15) is 26.2 Å². The summed E-state index contributed by atoms with van der Waals surface area (Å²) in [6.07, 6.45) is 4.23. The highest BCUT2D eigenvalue weighted by Gasteiger charge is 2.36. The van der Waals surface area contributed by atoms with Crippen LogP contribution < -0.4 is 9.64 Å². The minimum absolute atomic E-state index is 0.0254. The predicted octanol–water partition coefficient (Wildman–Crippen LogP) is 1.12. The summed E-state index contributed by atoms with van der Waals surface area (Å²) >= 11 is 0. The Morgan fingerprint density at radius 1 is 1.33 bits per heavy atom. The van der Waals surface area contributed by atoms with Gasteiger partial charge in [0.25, 0.3) is 0 Å². The Balaban J connectivity index is 1.81. The van der Waals surface area contributed by atoms with E-state index in [9.17, 15) is 9.59 Å². The van der Waals surface area contributed by atoms with Gasteiger partial charge >= 0.3 is 0 Å². The molecular formula is C18H24N6O3. The second-order valence-electron chi connectivity index (χ2n) is 6.50. The molecule has 2 heterocycles. The number of hydrogen-bond acceptors (Lipinski definition) is 6. The maximum atomic E-state index is 12.8. The zero-order valence-corrected chi connectivity index (χ0v) is 15.6. The van der Waals surface area contributed by atoms with Gasteiger partial charge in [-0.05, 0) is 29.0 Å². The lowest BCUT2D eigenvalue weighted by atomic mass is 10.0. The van der Waals surface area contributed by atoms with E-state index in [0.717, 1.165) is 24.9 Å². The number of para-hydroxylation sites is 2. The van der Waals surface area contributed by atoms with E-state index in [1.54, 1.807) is 16.9 Å². The molecule has 2 aromatic rings. The van der Waals surface area contributed by atoms with E-state index in [4.69, 9.17) is 4.74 Å². The van der Waals surface area contributed by atoms with Crippen molar-refractivity contribution in [1.82, 2.24) is 25.1 Å². The van der Waals surface area contributed by atoms with Crippen LogP contribution in [0.25, 0.3) is 0 Å². The van der Waals surface area contributed by atoms with E-state index in [0.29, 0.717) is 12.3 Å². The molecule has 1 atom stereocenters. The maximum Gasteiger partial charge on any atom is 0.246 e. The molecule has 1 aromatic carbocycles. The lowest BCUT2D eigenvalue weighted by Crippen LogP contribution is -2.58. The third-order valence-corrected chi connectivity index (χ3v) is 4.72. The van der Waals surface area contributed by atoms with E-state index in [2.05, 4.69) is 22.4 Å². The molecule has 0 N–H and O–H groups in total. The number of ether oxygens (including phenoxy) is 1. The number of carbonyl (C=O) groups is 2. The van der Waals surface area contributed by atoms with Crippen LogP contribution in [0.3, 0.4) is 0 Å². The average molecular weight is 372 g/mol. The minimum atomic E-state index is -0.156. The summed E-state index contributed by atoms with van der Waals surface area (Å²) in [5, 5.41) is 10.8. The van der Waals surface area contributed by atoms with Crippen LogP contribution in [-0.2, 0) is 16.1 Å². The van der Waals surface area contributed by atoms with Crippen molar-refractivity contribution in [1.29, 1.82) is 0 Å². The van der Waals surface area contributed by atoms with Gasteiger partial charge in [-0.15, -0.1) is 5.10 Å². The molecule has 0 aliphatic carbocycles. The van der Waals surface area contributed by atoms with Gasteiger partial charge in [-0.25, -0.2) is 4.68 Å². The number of amides is 2. The summed E-state index contributed by atoms with van der Waals surface area (Å²) < 4.78 is 6.78. The molecule has 0 unspecified atom stereocenters. The van der Waals surface area contributed by atoms with Crippen LogP contribution in [0.2, 0.25) is 0 Å². The van der Waals surface area contributed by atoms with E-state index >= 15 is 0 Å². The van der Waals surface area contributed by atoms with Crippen LogP contribution >= 0.6 is 0 Å². The largest absolute Gasteiger partial charge is 0.495 e. The molecule has 144 valence electrons. The summed E-state index contributed by atoms with van der Waals surface area (Å²) in [5.74, 6) is 0.363. The van der Waals surface area contributed by atoms with Gasteiger partial charge in [-0.3, -0.25) is 9.59 Å². The normalized spacial score (nSPS) is 17.3. The van der Waals surface area contributed by atoms with Crippen molar-refractivity contribution >= 4 is 17.5 Å². The van der Waals surface area contributed by atoms with Gasteiger partial charge in [-0.1, -0.05) is 31.9 Å². The molecule has 0 saturated carbocycles. The van der Waals surface area contributed by atoms with Crippen LogP contribution in [0.5, 0.6) is 5.75 Å². The van der Waals surface area contributed by atoms with E-state index in [-0.39, 0.29) is 30.9 Å². The molecule has 1 aliphatic heterocycles. The molecule has 27 heavy (non-hydrogen) atoms. The highest BCUT2D eigenvalue weighted by atomic mass is 16.5. The van der Waals surface area contributed by atoms with Crippen molar-refractivity contribution < 1.29 is 14.3 Å². The van der Waals surface area contributed by atoms with Crippen LogP contribution in [0.15, 0.2) is 30.6 Å². The van der Waals surface area contributed by atoms with E-state index in [1.807, 2.05) is 24.3 Å². The number of benzene rings is 1. The molecule has 1 aliphatic rings. The zero-order valence-electron chi connectivity index (χ0n) is 15.6. The average Bonchev–Trinajstić information content (AvgIpc) is 3.19. The van der Waals surface area contributed by atoms with Crippen molar-refractivity contribution in [2.24, 2.45) is 0 Å². The molecular weight excluding hydrogens is 348 g/mol. The second kappa shape index (κ2) is 8.61. The number of tetrazole rings is 1. The second-order valence-corrected chi connectivity index (χ2v) is 6.50. The van der Waals surface area contributed by atoms with Crippen LogP contribution in [0, 0.1) is 0 Å². The molecule has 9 nitrogen and oxygen atoms in total. The molecule has 0 bridgehead atoms. The number of anilines is 1. The Kier molecular flexibility index (Phi) is 6.00. The Hall–Kier alpha value is -2.97. The van der Waals surface area contributed by atoms with Gasteiger partial charge in [0, 0.05) is 6.54 Å². The molecule has 1 fully saturated rings. The number of aromatic nitrogens is 4. The predicted molar refractivity (Wildman–Crippen MR) is 98.2 cm³/mol. The van der Waals surface area contributed by atoms with Gasteiger partial charge in [0.2, 0.25) is 11.8 Å². The quantitative estimate of drug-likeness (QED) is 0.723. The molecule has 3 rings (SSSR count). The van der Waals surface area contributed by atoms with Gasteiger partial charge in [-0.2, -0.15) is 0 Å². The lowest BCUT2D eigenvalue weighted by molar-refractivity contribution is -0.140. The molecule has 0 radical (unpaired) electrons. The van der Waals surface area contributed by atoms with Crippen molar-refractivity contribution in [2.75, 3.05) is 25.1 Å². The third kappa shape index (κ3) is 4.24. The van der Waals surface area contributed by atoms with Crippen molar-refractivity contribution in [2.45, 2.75) is 38.8 Å². The van der Waals surface area contributed by atoms with Gasteiger partial charge in [0.15, 0.2) is 0 Å². The number of hydrogen-bond donors (Lipinski definition) is 0. The summed E-state index contributed by atoms with van der Waals surface area (Å²) in [5.41, 5.74) is 0.735. The van der Waals surface area contributed by atoms with Crippen molar-refractivity contribution in [3.05, 3.63) is 30.6 Å². The number of methoxy groups -OCH3 is 1. The number of carbonyl (C=O) groups excluding carboxylic acids is 2. The monoisotopic (exact) mass is 372 g/mol. The standard InChI is InChI=1S/C18H24N6O3/c1-3-4-7-14-10-24(15-8-5-6-9-16(15)27-2)18(26)12-23(14)17(25)11-22-13-19-20-21-22/h5-6,8-9,13-14H,3-4,7,10-12H2,1-2H3/t14-/m1/s1. The fraction of sp³-hybridized carbons (Fsp3) is 0.500. The Morgan fingerprint density at radius 2 is 2.15 bits per heavy atom. The van der Waals surface area contributed by atoms with Crippen molar-refractivity contribution in [3.8, 4) is 5.75 Å². The van der Waals surface area contributed by atoms with Crippen molar-refractivity contribution in [3.63, 3.8) is 0 Å². The van der Waals surface area contributed by atoms with Gasteiger partial charge < -0.3 is 14.5 Å². The Labute approximate surface area is 157 Å². The van der Waals surface area contributed by atoms with Gasteiger partial charge in [0.1, 0.15) is 25.2 Å². The summed E-state index contributed by atoms with van der Waals surface area (Å²) in [6, 6.07) is 7.39. The molecule has 1 aromatic heterocycles. The Morgan fingerprint density at radius 3 is 2.85 bits per heavy atom. The first-order valence-corrected chi connectivity index (χ1v) is 9.07. The van der Waals surface area contributed by atoms with E-state index in [1.165, 1.54) is 11.0 Å². The minimum Gasteiger partial charge on any atom is -0.495 e. The lowest BCUT2D eigenvalue weighted by Gasteiger charge is -2.41. The molecule has 9 heteroatoms. The maximum absolute atomic E-state index is 12.8. The first-order chi connectivity index (χ1) is 13.1. The molecule has 1 saturated heterocycles.